The Bertz CT molecular complexity index is 930. The summed E-state index contributed by atoms with van der Waals surface area (Å²) in [7, 11) is 0. The quantitative estimate of drug-likeness (QED) is 0.698. The highest BCUT2D eigenvalue weighted by molar-refractivity contribution is 5.81. The second-order valence-corrected chi connectivity index (χ2v) is 8.01. The Morgan fingerprint density at radius 1 is 0.926 bits per heavy atom. The summed E-state index contributed by atoms with van der Waals surface area (Å²) < 4.78 is 0. The number of hydrogen-bond acceptors (Lipinski definition) is 3. The summed E-state index contributed by atoms with van der Waals surface area (Å²) in [5.41, 5.74) is 5.59. The van der Waals surface area contributed by atoms with Gasteiger partial charge in [0.25, 0.3) is 0 Å². The van der Waals surface area contributed by atoms with E-state index in [0.717, 1.165) is 18.6 Å². The zero-order valence-electron chi connectivity index (χ0n) is 15.8. The van der Waals surface area contributed by atoms with Crippen LogP contribution in [0.3, 0.4) is 0 Å². The van der Waals surface area contributed by atoms with Crippen LogP contribution in [0, 0.1) is 0 Å². The van der Waals surface area contributed by atoms with Gasteiger partial charge in [0.15, 0.2) is 0 Å². The summed E-state index contributed by atoms with van der Waals surface area (Å²) >= 11 is 0. The van der Waals surface area contributed by atoms with Gasteiger partial charge in [-0.15, -0.1) is 0 Å². The van der Waals surface area contributed by atoms with Gasteiger partial charge in [-0.1, -0.05) is 48.5 Å². The molecule has 27 heavy (non-hydrogen) atoms. The van der Waals surface area contributed by atoms with Crippen molar-refractivity contribution in [2.75, 3.05) is 19.6 Å². The maximum absolute atomic E-state index is 4.64. The predicted octanol–water partition coefficient (Wildman–Crippen LogP) is 4.26. The number of piperidine rings is 1. The fourth-order valence-electron chi connectivity index (χ4n) is 4.84. The van der Waals surface area contributed by atoms with Crippen molar-refractivity contribution in [3.8, 4) is 0 Å². The summed E-state index contributed by atoms with van der Waals surface area (Å²) in [6, 6.07) is 20.4. The molecule has 1 atom stereocenters. The van der Waals surface area contributed by atoms with E-state index in [0.29, 0.717) is 6.04 Å². The summed E-state index contributed by atoms with van der Waals surface area (Å²) in [5.74, 6) is 0. The molecule has 2 aromatic carbocycles. The Morgan fingerprint density at radius 3 is 2.78 bits per heavy atom. The van der Waals surface area contributed by atoms with E-state index in [9.17, 15) is 0 Å². The topological polar surface area (TPSA) is 19.4 Å². The minimum absolute atomic E-state index is 0.676. The SMILES string of the molecule is c1ccc2c(c1)CCN(C1CCCN(Cc3cccc4cccnc34)C1)C2. The van der Waals surface area contributed by atoms with Crippen molar-refractivity contribution in [1.29, 1.82) is 0 Å². The number of fused-ring (bicyclic) bond motifs is 2. The van der Waals surface area contributed by atoms with Crippen LogP contribution in [-0.2, 0) is 19.5 Å². The molecule has 0 bridgehead atoms. The Hall–Kier alpha value is -2.23. The Balaban J connectivity index is 1.30. The van der Waals surface area contributed by atoms with Crippen molar-refractivity contribution in [2.45, 2.75) is 38.4 Å². The van der Waals surface area contributed by atoms with E-state index in [-0.39, 0.29) is 0 Å². The van der Waals surface area contributed by atoms with Gasteiger partial charge in [-0.2, -0.15) is 0 Å². The molecular formula is C24H27N3. The number of nitrogens with zero attached hydrogens (tertiary/aromatic N) is 3. The molecule has 0 amide bonds. The van der Waals surface area contributed by atoms with Gasteiger partial charge < -0.3 is 0 Å². The van der Waals surface area contributed by atoms with Gasteiger partial charge in [0.1, 0.15) is 0 Å². The van der Waals surface area contributed by atoms with Gasteiger partial charge in [-0.3, -0.25) is 14.8 Å². The maximum atomic E-state index is 4.64. The van der Waals surface area contributed by atoms with E-state index >= 15 is 0 Å². The molecule has 5 rings (SSSR count). The third kappa shape index (κ3) is 3.50. The molecule has 1 unspecified atom stereocenters. The molecule has 1 fully saturated rings. The number of hydrogen-bond donors (Lipinski definition) is 0. The molecule has 0 N–H and O–H groups in total. The van der Waals surface area contributed by atoms with Gasteiger partial charge in [0, 0.05) is 43.8 Å². The number of likely N-dealkylation sites (tertiary alicyclic amines) is 1. The van der Waals surface area contributed by atoms with Crippen molar-refractivity contribution in [2.24, 2.45) is 0 Å². The van der Waals surface area contributed by atoms with Crippen LogP contribution in [0.2, 0.25) is 0 Å². The van der Waals surface area contributed by atoms with Crippen LogP contribution in [0.1, 0.15) is 29.5 Å². The minimum atomic E-state index is 0.676. The van der Waals surface area contributed by atoms with Gasteiger partial charge in [0.2, 0.25) is 0 Å². The van der Waals surface area contributed by atoms with Crippen molar-refractivity contribution in [1.82, 2.24) is 14.8 Å². The molecule has 1 saturated heterocycles. The van der Waals surface area contributed by atoms with E-state index in [1.165, 1.54) is 55.4 Å². The molecule has 0 radical (unpaired) electrons. The first-order chi connectivity index (χ1) is 13.4. The van der Waals surface area contributed by atoms with Crippen molar-refractivity contribution in [3.63, 3.8) is 0 Å². The molecule has 0 saturated carbocycles. The van der Waals surface area contributed by atoms with Crippen molar-refractivity contribution < 1.29 is 0 Å². The number of rotatable bonds is 3. The van der Waals surface area contributed by atoms with Crippen LogP contribution < -0.4 is 0 Å². The number of para-hydroxylation sites is 1. The van der Waals surface area contributed by atoms with E-state index in [1.54, 1.807) is 5.56 Å². The number of benzene rings is 2. The second kappa shape index (κ2) is 7.41. The third-order valence-corrected chi connectivity index (χ3v) is 6.27. The number of pyridine rings is 1. The van der Waals surface area contributed by atoms with E-state index in [1.807, 2.05) is 12.3 Å². The normalized spacial score (nSPS) is 21.3. The highest BCUT2D eigenvalue weighted by Crippen LogP contribution is 2.26. The largest absolute Gasteiger partial charge is 0.297 e. The van der Waals surface area contributed by atoms with Crippen LogP contribution >= 0.6 is 0 Å². The molecule has 2 aliphatic heterocycles. The molecule has 0 spiro atoms. The van der Waals surface area contributed by atoms with Crippen LogP contribution in [0.25, 0.3) is 10.9 Å². The maximum Gasteiger partial charge on any atom is 0.0746 e. The van der Waals surface area contributed by atoms with E-state index in [4.69, 9.17) is 0 Å². The van der Waals surface area contributed by atoms with Crippen LogP contribution in [0.4, 0.5) is 0 Å². The fourth-order valence-corrected chi connectivity index (χ4v) is 4.84. The smallest absolute Gasteiger partial charge is 0.0746 e. The molecule has 138 valence electrons. The van der Waals surface area contributed by atoms with Crippen LogP contribution in [0.15, 0.2) is 60.8 Å². The predicted molar refractivity (Wildman–Crippen MR) is 111 cm³/mol. The summed E-state index contributed by atoms with van der Waals surface area (Å²) in [6.45, 7) is 5.70. The first kappa shape index (κ1) is 16.9. The lowest BCUT2D eigenvalue weighted by Gasteiger charge is -2.41. The third-order valence-electron chi connectivity index (χ3n) is 6.27. The Kier molecular flexibility index (Phi) is 4.64. The average molecular weight is 358 g/mol. The summed E-state index contributed by atoms with van der Waals surface area (Å²) in [5, 5.41) is 1.25. The molecule has 2 aliphatic rings. The first-order valence-corrected chi connectivity index (χ1v) is 10.2. The first-order valence-electron chi connectivity index (χ1n) is 10.2. The van der Waals surface area contributed by atoms with Gasteiger partial charge in [0.05, 0.1) is 5.52 Å². The lowest BCUT2D eigenvalue weighted by Crippen LogP contribution is -2.49. The van der Waals surface area contributed by atoms with Gasteiger partial charge in [-0.25, -0.2) is 0 Å². The van der Waals surface area contributed by atoms with Crippen LogP contribution in [-0.4, -0.2) is 40.5 Å². The zero-order valence-corrected chi connectivity index (χ0v) is 15.8. The molecular weight excluding hydrogens is 330 g/mol. The lowest BCUT2D eigenvalue weighted by atomic mass is 9.95. The molecule has 3 nitrogen and oxygen atoms in total. The Morgan fingerprint density at radius 2 is 1.81 bits per heavy atom. The monoisotopic (exact) mass is 357 g/mol. The van der Waals surface area contributed by atoms with Crippen LogP contribution in [0.5, 0.6) is 0 Å². The summed E-state index contributed by atoms with van der Waals surface area (Å²) in [6.07, 6.45) is 5.73. The lowest BCUT2D eigenvalue weighted by molar-refractivity contribution is 0.0840. The Labute approximate surface area is 161 Å². The average Bonchev–Trinajstić information content (AvgIpc) is 2.74. The highest BCUT2D eigenvalue weighted by atomic mass is 15.2. The van der Waals surface area contributed by atoms with Gasteiger partial charge >= 0.3 is 0 Å². The minimum Gasteiger partial charge on any atom is -0.297 e. The number of aromatic nitrogens is 1. The molecule has 3 heterocycles. The van der Waals surface area contributed by atoms with E-state index < -0.39 is 0 Å². The fraction of sp³-hybridized carbons (Fsp3) is 0.375. The van der Waals surface area contributed by atoms with Crippen molar-refractivity contribution in [3.05, 3.63) is 77.5 Å². The molecule has 1 aromatic heterocycles. The second-order valence-electron chi connectivity index (χ2n) is 8.01. The highest BCUT2D eigenvalue weighted by Gasteiger charge is 2.28. The molecule has 3 aromatic rings. The van der Waals surface area contributed by atoms with E-state index in [2.05, 4.69) is 63.3 Å². The van der Waals surface area contributed by atoms with Gasteiger partial charge in [-0.05, 0) is 48.6 Å². The zero-order chi connectivity index (χ0) is 18.1. The molecule has 3 heteroatoms. The standard InChI is InChI=1S/C24H27N3/c1-2-7-21-17-27(15-12-19(21)6-1)23-11-5-14-26(18-23)16-22-9-3-8-20-10-4-13-25-24(20)22/h1-4,6-10,13,23H,5,11-12,14-18H2. The van der Waals surface area contributed by atoms with Crippen molar-refractivity contribution >= 4 is 10.9 Å². The molecule has 0 aliphatic carbocycles. The summed E-state index contributed by atoms with van der Waals surface area (Å²) in [4.78, 5) is 10.00.